The molecule has 3 aromatic rings. The maximum Gasteiger partial charge on any atom is 0.142 e. The molecule has 1 unspecified atom stereocenters. The molecule has 102 valence electrons. The van der Waals surface area contributed by atoms with Gasteiger partial charge in [0.2, 0.25) is 0 Å². The molecule has 0 bridgehead atoms. The molecule has 0 saturated carbocycles. The standard InChI is InChI=1S/C16H12N4S/c17-10-12-6-8-13(9-7-12)15(16-18-11-19-20-16)21-14-4-2-1-3-5-14/h1-9,11,15H,(H,18,19,20). The third-order valence-electron chi connectivity index (χ3n) is 3.02. The SMILES string of the molecule is N#Cc1ccc(C(Sc2ccccc2)c2ncn[nH]2)cc1. The maximum absolute atomic E-state index is 8.90. The number of hydrogen-bond acceptors (Lipinski definition) is 4. The van der Waals surface area contributed by atoms with Gasteiger partial charge in [0.15, 0.2) is 0 Å². The summed E-state index contributed by atoms with van der Waals surface area (Å²) in [5.74, 6) is 0.800. The fourth-order valence-electron chi connectivity index (χ4n) is 1.99. The van der Waals surface area contributed by atoms with Crippen LogP contribution in [0.3, 0.4) is 0 Å². The topological polar surface area (TPSA) is 65.4 Å². The third-order valence-corrected chi connectivity index (χ3v) is 4.30. The lowest BCUT2D eigenvalue weighted by molar-refractivity contribution is 0.955. The van der Waals surface area contributed by atoms with Crippen LogP contribution >= 0.6 is 11.8 Å². The molecule has 1 N–H and O–H groups in total. The number of benzene rings is 2. The van der Waals surface area contributed by atoms with Crippen molar-refractivity contribution in [3.05, 3.63) is 77.9 Å². The van der Waals surface area contributed by atoms with Gasteiger partial charge in [-0.15, -0.1) is 11.8 Å². The van der Waals surface area contributed by atoms with Crippen molar-refractivity contribution in [1.82, 2.24) is 15.2 Å². The lowest BCUT2D eigenvalue weighted by Gasteiger charge is -2.14. The van der Waals surface area contributed by atoms with Crippen LogP contribution in [-0.4, -0.2) is 15.2 Å². The summed E-state index contributed by atoms with van der Waals surface area (Å²) in [6, 6.07) is 19.9. The minimum absolute atomic E-state index is 0.0163. The van der Waals surface area contributed by atoms with Gasteiger partial charge >= 0.3 is 0 Å². The molecule has 0 aliphatic carbocycles. The van der Waals surface area contributed by atoms with E-state index in [9.17, 15) is 0 Å². The van der Waals surface area contributed by atoms with Gasteiger partial charge in [0.25, 0.3) is 0 Å². The average Bonchev–Trinajstić information content (AvgIpc) is 3.08. The minimum atomic E-state index is 0.0163. The van der Waals surface area contributed by atoms with E-state index in [1.807, 2.05) is 42.5 Å². The largest absolute Gasteiger partial charge is 0.262 e. The second-order valence-corrected chi connectivity index (χ2v) is 5.59. The Morgan fingerprint density at radius 2 is 1.81 bits per heavy atom. The molecule has 0 radical (unpaired) electrons. The molecule has 0 aliphatic heterocycles. The molecule has 0 saturated heterocycles. The van der Waals surface area contributed by atoms with Crippen LogP contribution in [0, 0.1) is 11.3 Å². The highest BCUT2D eigenvalue weighted by molar-refractivity contribution is 7.99. The first kappa shape index (κ1) is 13.4. The summed E-state index contributed by atoms with van der Waals surface area (Å²) in [7, 11) is 0. The highest BCUT2D eigenvalue weighted by Crippen LogP contribution is 2.38. The zero-order valence-corrected chi connectivity index (χ0v) is 11.9. The van der Waals surface area contributed by atoms with Gasteiger partial charge in [0.1, 0.15) is 12.2 Å². The van der Waals surface area contributed by atoms with E-state index in [1.54, 1.807) is 11.8 Å². The van der Waals surface area contributed by atoms with Crippen molar-refractivity contribution in [3.8, 4) is 6.07 Å². The Labute approximate surface area is 126 Å². The van der Waals surface area contributed by atoms with Crippen molar-refractivity contribution in [2.45, 2.75) is 10.1 Å². The molecule has 0 amide bonds. The van der Waals surface area contributed by atoms with E-state index in [0.717, 1.165) is 16.3 Å². The van der Waals surface area contributed by atoms with Crippen molar-refractivity contribution < 1.29 is 0 Å². The van der Waals surface area contributed by atoms with Crippen LogP contribution in [0.15, 0.2) is 65.8 Å². The van der Waals surface area contributed by atoms with Crippen molar-refractivity contribution in [2.24, 2.45) is 0 Å². The van der Waals surface area contributed by atoms with E-state index < -0.39 is 0 Å². The van der Waals surface area contributed by atoms with Gasteiger partial charge in [0, 0.05) is 4.90 Å². The Balaban J connectivity index is 1.94. The first-order valence-corrected chi connectivity index (χ1v) is 7.32. The van der Waals surface area contributed by atoms with Crippen LogP contribution in [0.2, 0.25) is 0 Å². The number of aromatic nitrogens is 3. The van der Waals surface area contributed by atoms with Crippen molar-refractivity contribution in [2.75, 3.05) is 0 Å². The summed E-state index contributed by atoms with van der Waals surface area (Å²) >= 11 is 1.70. The first-order chi connectivity index (χ1) is 10.4. The van der Waals surface area contributed by atoms with Crippen molar-refractivity contribution in [3.63, 3.8) is 0 Å². The summed E-state index contributed by atoms with van der Waals surface area (Å²) in [4.78, 5) is 5.43. The fraction of sp³-hybridized carbons (Fsp3) is 0.0625. The average molecular weight is 292 g/mol. The van der Waals surface area contributed by atoms with Gasteiger partial charge in [-0.3, -0.25) is 5.10 Å². The van der Waals surface area contributed by atoms with Gasteiger partial charge in [-0.1, -0.05) is 30.3 Å². The summed E-state index contributed by atoms with van der Waals surface area (Å²) < 4.78 is 0. The summed E-state index contributed by atoms with van der Waals surface area (Å²) in [5.41, 5.74) is 1.74. The zero-order valence-electron chi connectivity index (χ0n) is 11.1. The molecule has 0 spiro atoms. The Hall–Kier alpha value is -2.58. The van der Waals surface area contributed by atoms with Crippen molar-refractivity contribution in [1.29, 1.82) is 5.26 Å². The molecular formula is C16H12N4S. The quantitative estimate of drug-likeness (QED) is 0.747. The fourth-order valence-corrected chi connectivity index (χ4v) is 3.10. The van der Waals surface area contributed by atoms with Crippen LogP contribution in [0.5, 0.6) is 0 Å². The number of thioether (sulfide) groups is 1. The van der Waals surface area contributed by atoms with E-state index in [1.165, 1.54) is 6.33 Å². The van der Waals surface area contributed by atoms with Gasteiger partial charge in [-0.05, 0) is 29.8 Å². The Morgan fingerprint density at radius 1 is 1.05 bits per heavy atom. The van der Waals surface area contributed by atoms with Crippen LogP contribution in [0.1, 0.15) is 22.2 Å². The predicted molar refractivity (Wildman–Crippen MR) is 81.7 cm³/mol. The molecule has 3 rings (SSSR count). The summed E-state index contributed by atoms with van der Waals surface area (Å²) in [5, 5.41) is 15.8. The Morgan fingerprint density at radius 3 is 2.43 bits per heavy atom. The van der Waals surface area contributed by atoms with Crippen LogP contribution in [0.25, 0.3) is 0 Å². The van der Waals surface area contributed by atoms with Crippen molar-refractivity contribution >= 4 is 11.8 Å². The van der Waals surface area contributed by atoms with E-state index >= 15 is 0 Å². The lowest BCUT2D eigenvalue weighted by Crippen LogP contribution is -1.99. The number of hydrogen-bond donors (Lipinski definition) is 1. The first-order valence-electron chi connectivity index (χ1n) is 6.44. The molecule has 0 fully saturated rings. The molecule has 1 aromatic heterocycles. The molecule has 4 nitrogen and oxygen atoms in total. The minimum Gasteiger partial charge on any atom is -0.262 e. The van der Waals surface area contributed by atoms with Gasteiger partial charge in [-0.25, -0.2) is 4.98 Å². The summed E-state index contributed by atoms with van der Waals surface area (Å²) in [6.07, 6.45) is 1.51. The van der Waals surface area contributed by atoms with E-state index in [2.05, 4.69) is 33.4 Å². The Bertz CT molecular complexity index is 730. The molecule has 21 heavy (non-hydrogen) atoms. The summed E-state index contributed by atoms with van der Waals surface area (Å²) in [6.45, 7) is 0. The monoisotopic (exact) mass is 292 g/mol. The normalized spacial score (nSPS) is 11.8. The number of rotatable bonds is 4. The van der Waals surface area contributed by atoms with E-state index in [0.29, 0.717) is 5.56 Å². The predicted octanol–water partition coefficient (Wildman–Crippen LogP) is 3.56. The number of nitriles is 1. The Kier molecular flexibility index (Phi) is 3.99. The lowest BCUT2D eigenvalue weighted by atomic mass is 10.1. The van der Waals surface area contributed by atoms with Crippen LogP contribution in [-0.2, 0) is 0 Å². The van der Waals surface area contributed by atoms with Gasteiger partial charge in [0.05, 0.1) is 16.9 Å². The second-order valence-electron chi connectivity index (χ2n) is 4.42. The van der Waals surface area contributed by atoms with E-state index in [4.69, 9.17) is 5.26 Å². The van der Waals surface area contributed by atoms with Crippen LogP contribution < -0.4 is 0 Å². The molecule has 5 heteroatoms. The van der Waals surface area contributed by atoms with Gasteiger partial charge < -0.3 is 0 Å². The maximum atomic E-state index is 8.90. The van der Waals surface area contributed by atoms with E-state index in [-0.39, 0.29) is 5.25 Å². The zero-order chi connectivity index (χ0) is 14.5. The number of H-pyrrole nitrogens is 1. The smallest absolute Gasteiger partial charge is 0.142 e. The molecule has 1 atom stereocenters. The number of aromatic amines is 1. The molecule has 1 heterocycles. The molecule has 2 aromatic carbocycles. The molecular weight excluding hydrogens is 280 g/mol. The molecule has 0 aliphatic rings. The highest BCUT2D eigenvalue weighted by Gasteiger charge is 2.18. The third kappa shape index (κ3) is 3.12. The van der Waals surface area contributed by atoms with Crippen LogP contribution in [0.4, 0.5) is 0 Å². The van der Waals surface area contributed by atoms with Gasteiger partial charge in [-0.2, -0.15) is 10.4 Å². The highest BCUT2D eigenvalue weighted by atomic mass is 32.2. The number of nitrogens with zero attached hydrogens (tertiary/aromatic N) is 3. The second kappa shape index (κ2) is 6.25. The number of nitrogens with one attached hydrogen (secondary N) is 1.